The van der Waals surface area contributed by atoms with E-state index < -0.39 is 0 Å². The summed E-state index contributed by atoms with van der Waals surface area (Å²) >= 11 is 3.22. The Morgan fingerprint density at radius 1 is 1.19 bits per heavy atom. The van der Waals surface area contributed by atoms with Gasteiger partial charge in [-0.1, -0.05) is 15.9 Å². The number of carbonyl (C=O) groups excluding carboxylic acids is 1. The summed E-state index contributed by atoms with van der Waals surface area (Å²) in [5.41, 5.74) is 0. The normalized spacial score (nSPS) is 24.7. The molecule has 4 nitrogen and oxygen atoms in total. The van der Waals surface area contributed by atoms with Crippen LogP contribution in [0.2, 0.25) is 0 Å². The third-order valence-corrected chi connectivity index (χ3v) is 3.97. The Hall–Kier alpha value is -0.130. The van der Waals surface area contributed by atoms with Gasteiger partial charge in [0.25, 0.3) is 0 Å². The molecule has 0 saturated carbocycles. The molecule has 16 heavy (non-hydrogen) atoms. The first kappa shape index (κ1) is 12.3. The van der Waals surface area contributed by atoms with Crippen LogP contribution in [0.5, 0.6) is 0 Å². The number of alkyl halides is 1. The van der Waals surface area contributed by atoms with E-state index in [1.165, 1.54) is 0 Å². The van der Waals surface area contributed by atoms with Crippen LogP contribution in [0.25, 0.3) is 0 Å². The first-order valence-corrected chi connectivity index (χ1v) is 7.09. The van der Waals surface area contributed by atoms with Crippen LogP contribution in [0.4, 0.5) is 0 Å². The molecule has 0 bridgehead atoms. The van der Waals surface area contributed by atoms with Crippen molar-refractivity contribution in [1.29, 1.82) is 0 Å². The molecule has 0 atom stereocenters. The van der Waals surface area contributed by atoms with Gasteiger partial charge in [0.2, 0.25) is 5.91 Å². The number of piperidine rings is 1. The maximum atomic E-state index is 11.5. The highest BCUT2D eigenvalue weighted by atomic mass is 79.9. The fourth-order valence-electron chi connectivity index (χ4n) is 2.51. The van der Waals surface area contributed by atoms with E-state index in [1.807, 2.05) is 4.90 Å². The zero-order chi connectivity index (χ0) is 11.4. The third kappa shape index (κ3) is 2.96. The number of rotatable bonds is 2. The summed E-state index contributed by atoms with van der Waals surface area (Å²) in [5, 5.41) is 0.454. The molecule has 0 unspecified atom stereocenters. The lowest BCUT2D eigenvalue weighted by Gasteiger charge is -2.39. The Bertz CT molecular complexity index is 236. The van der Waals surface area contributed by atoms with Crippen LogP contribution >= 0.6 is 15.9 Å². The molecular weight excluding hydrogens is 272 g/mol. The number of halogens is 1. The molecule has 2 aliphatic heterocycles. The summed E-state index contributed by atoms with van der Waals surface area (Å²) in [6, 6.07) is 0.656. The average molecular weight is 291 g/mol. The average Bonchev–Trinajstić information content (AvgIpc) is 2.39. The number of hydrogen-bond donors (Lipinski definition) is 0. The van der Waals surface area contributed by atoms with Crippen LogP contribution in [0.3, 0.4) is 0 Å². The van der Waals surface area contributed by atoms with E-state index in [0.717, 1.165) is 52.2 Å². The predicted octanol–water partition coefficient (Wildman–Crippen LogP) is 0.705. The second-order valence-electron chi connectivity index (χ2n) is 4.39. The highest BCUT2D eigenvalue weighted by Gasteiger charge is 2.27. The second kappa shape index (κ2) is 5.98. The Labute approximate surface area is 105 Å². The van der Waals surface area contributed by atoms with Gasteiger partial charge in [-0.25, -0.2) is 0 Å². The van der Waals surface area contributed by atoms with Crippen LogP contribution in [0.1, 0.15) is 12.8 Å². The Morgan fingerprint density at radius 3 is 2.38 bits per heavy atom. The monoisotopic (exact) mass is 290 g/mol. The first-order valence-electron chi connectivity index (χ1n) is 5.97. The molecule has 0 aromatic heterocycles. The second-order valence-corrected chi connectivity index (χ2v) is 4.95. The smallest absolute Gasteiger partial charge is 0.233 e. The van der Waals surface area contributed by atoms with Crippen molar-refractivity contribution in [3.8, 4) is 0 Å². The zero-order valence-electron chi connectivity index (χ0n) is 9.53. The molecule has 2 rings (SSSR count). The summed E-state index contributed by atoms with van der Waals surface area (Å²) in [6.07, 6.45) is 2.22. The van der Waals surface area contributed by atoms with Gasteiger partial charge in [-0.2, -0.15) is 0 Å². The topological polar surface area (TPSA) is 32.8 Å². The number of nitrogens with zero attached hydrogens (tertiary/aromatic N) is 2. The Kier molecular flexibility index (Phi) is 4.61. The predicted molar refractivity (Wildman–Crippen MR) is 65.8 cm³/mol. The SMILES string of the molecule is O=C(CBr)N1CCC(N2CCOCC2)CC1. The minimum absolute atomic E-state index is 0.223. The van der Waals surface area contributed by atoms with E-state index in [2.05, 4.69) is 20.8 Å². The number of carbonyl (C=O) groups is 1. The Morgan fingerprint density at radius 2 is 1.81 bits per heavy atom. The molecule has 92 valence electrons. The van der Waals surface area contributed by atoms with Crippen LogP contribution in [0.15, 0.2) is 0 Å². The molecular formula is C11H19BrN2O2. The van der Waals surface area contributed by atoms with Gasteiger partial charge in [-0.15, -0.1) is 0 Å². The van der Waals surface area contributed by atoms with E-state index in [4.69, 9.17) is 4.74 Å². The molecule has 1 amide bonds. The molecule has 2 aliphatic rings. The number of morpholine rings is 1. The Balaban J connectivity index is 1.78. The van der Waals surface area contributed by atoms with Gasteiger partial charge in [0, 0.05) is 32.2 Å². The fraction of sp³-hybridized carbons (Fsp3) is 0.909. The van der Waals surface area contributed by atoms with E-state index >= 15 is 0 Å². The molecule has 0 spiro atoms. The maximum Gasteiger partial charge on any atom is 0.233 e. The lowest BCUT2D eigenvalue weighted by atomic mass is 10.0. The van der Waals surface area contributed by atoms with Crippen LogP contribution in [-0.2, 0) is 9.53 Å². The molecule has 5 heteroatoms. The molecule has 0 aromatic rings. The van der Waals surface area contributed by atoms with Crippen molar-refractivity contribution in [3.63, 3.8) is 0 Å². The molecule has 2 fully saturated rings. The van der Waals surface area contributed by atoms with Crippen molar-refractivity contribution in [2.45, 2.75) is 18.9 Å². The van der Waals surface area contributed by atoms with Gasteiger partial charge in [0.15, 0.2) is 0 Å². The number of amides is 1. The minimum atomic E-state index is 0.223. The van der Waals surface area contributed by atoms with Crippen molar-refractivity contribution in [1.82, 2.24) is 9.80 Å². The largest absolute Gasteiger partial charge is 0.379 e. The quantitative estimate of drug-likeness (QED) is 0.702. The summed E-state index contributed by atoms with van der Waals surface area (Å²) in [6.45, 7) is 5.65. The lowest BCUT2D eigenvalue weighted by molar-refractivity contribution is -0.130. The van der Waals surface area contributed by atoms with E-state index in [9.17, 15) is 4.79 Å². The van der Waals surface area contributed by atoms with Crippen LogP contribution in [0, 0.1) is 0 Å². The maximum absolute atomic E-state index is 11.5. The van der Waals surface area contributed by atoms with Gasteiger partial charge >= 0.3 is 0 Å². The third-order valence-electron chi connectivity index (χ3n) is 3.49. The van der Waals surface area contributed by atoms with Gasteiger partial charge in [0.1, 0.15) is 0 Å². The summed E-state index contributed by atoms with van der Waals surface area (Å²) < 4.78 is 5.35. The summed E-state index contributed by atoms with van der Waals surface area (Å²) in [4.78, 5) is 16.0. The molecule has 0 aliphatic carbocycles. The van der Waals surface area contributed by atoms with Crippen molar-refractivity contribution >= 4 is 21.8 Å². The molecule has 2 saturated heterocycles. The zero-order valence-corrected chi connectivity index (χ0v) is 11.1. The number of likely N-dealkylation sites (tertiary alicyclic amines) is 1. The van der Waals surface area contributed by atoms with Crippen molar-refractivity contribution in [3.05, 3.63) is 0 Å². The van der Waals surface area contributed by atoms with Gasteiger partial charge < -0.3 is 9.64 Å². The highest BCUT2D eigenvalue weighted by Crippen LogP contribution is 2.17. The number of hydrogen-bond acceptors (Lipinski definition) is 3. The van der Waals surface area contributed by atoms with Gasteiger partial charge in [0.05, 0.1) is 18.5 Å². The highest BCUT2D eigenvalue weighted by molar-refractivity contribution is 9.09. The minimum Gasteiger partial charge on any atom is -0.379 e. The van der Waals surface area contributed by atoms with Crippen LogP contribution in [-0.4, -0.2) is 66.5 Å². The standard InChI is InChI=1S/C11H19BrN2O2/c12-9-11(15)14-3-1-10(2-4-14)13-5-7-16-8-6-13/h10H,1-9H2. The number of ether oxygens (including phenoxy) is 1. The molecule has 2 heterocycles. The molecule has 0 radical (unpaired) electrons. The van der Waals surface area contributed by atoms with Crippen molar-refractivity contribution in [2.75, 3.05) is 44.7 Å². The van der Waals surface area contributed by atoms with E-state index in [1.54, 1.807) is 0 Å². The van der Waals surface area contributed by atoms with Crippen molar-refractivity contribution in [2.24, 2.45) is 0 Å². The van der Waals surface area contributed by atoms with Gasteiger partial charge in [-0.3, -0.25) is 9.69 Å². The van der Waals surface area contributed by atoms with Gasteiger partial charge in [-0.05, 0) is 12.8 Å². The lowest BCUT2D eigenvalue weighted by Crippen LogP contribution is -2.50. The molecule has 0 N–H and O–H groups in total. The van der Waals surface area contributed by atoms with E-state index in [-0.39, 0.29) is 5.91 Å². The summed E-state index contributed by atoms with van der Waals surface area (Å²) in [5.74, 6) is 0.223. The van der Waals surface area contributed by atoms with Crippen molar-refractivity contribution < 1.29 is 9.53 Å². The van der Waals surface area contributed by atoms with Crippen LogP contribution < -0.4 is 0 Å². The molecule has 0 aromatic carbocycles. The van der Waals surface area contributed by atoms with E-state index in [0.29, 0.717) is 11.4 Å². The summed E-state index contributed by atoms with van der Waals surface area (Å²) in [7, 11) is 0. The first-order chi connectivity index (χ1) is 7.81. The fourth-order valence-corrected chi connectivity index (χ4v) is 2.86.